The molecule has 2 aromatic rings. The van der Waals surface area contributed by atoms with Gasteiger partial charge in [-0.15, -0.1) is 5.10 Å². The van der Waals surface area contributed by atoms with Gasteiger partial charge in [0.05, 0.1) is 11.6 Å². The molecule has 2 N–H and O–H groups in total. The summed E-state index contributed by atoms with van der Waals surface area (Å²) in [5.74, 6) is 1.69. The van der Waals surface area contributed by atoms with E-state index in [1.165, 1.54) is 0 Å². The fourth-order valence-corrected chi connectivity index (χ4v) is 3.71. The second-order valence-electron chi connectivity index (χ2n) is 7.55. The van der Waals surface area contributed by atoms with Gasteiger partial charge < -0.3 is 20.3 Å². The summed E-state index contributed by atoms with van der Waals surface area (Å²) in [6, 6.07) is 11.6. The Hall–Kier alpha value is -2.67. The number of aromatic nitrogens is 2. The highest BCUT2D eigenvalue weighted by Crippen LogP contribution is 2.24. The second kappa shape index (κ2) is 8.56. The van der Waals surface area contributed by atoms with Crippen molar-refractivity contribution in [3.63, 3.8) is 0 Å². The van der Waals surface area contributed by atoms with Crippen molar-refractivity contribution in [1.82, 2.24) is 15.5 Å². The number of carbonyl (C=O) groups excluding carboxylic acids is 1. The predicted molar refractivity (Wildman–Crippen MR) is 109 cm³/mol. The van der Waals surface area contributed by atoms with Gasteiger partial charge in [-0.05, 0) is 75.7 Å². The fraction of sp³-hybridized carbons (Fsp3) is 0.476. The van der Waals surface area contributed by atoms with Crippen molar-refractivity contribution in [2.75, 3.05) is 36.4 Å². The van der Waals surface area contributed by atoms with Crippen molar-refractivity contribution in [2.45, 2.75) is 32.3 Å². The third-order valence-corrected chi connectivity index (χ3v) is 5.38. The maximum atomic E-state index is 12.6. The Labute approximate surface area is 165 Å². The summed E-state index contributed by atoms with van der Waals surface area (Å²) >= 11 is 0. The molecule has 3 heterocycles. The largest absolute Gasteiger partial charge is 0.490 e. The molecule has 7 nitrogen and oxygen atoms in total. The van der Waals surface area contributed by atoms with Gasteiger partial charge in [-0.2, -0.15) is 5.10 Å². The highest BCUT2D eigenvalue weighted by atomic mass is 16.5. The number of ether oxygens (including phenoxy) is 1. The van der Waals surface area contributed by atoms with Crippen LogP contribution in [0.3, 0.4) is 0 Å². The zero-order chi connectivity index (χ0) is 19.3. The summed E-state index contributed by atoms with van der Waals surface area (Å²) in [4.78, 5) is 14.8. The van der Waals surface area contributed by atoms with Crippen LogP contribution in [0.25, 0.3) is 0 Å². The molecule has 0 spiro atoms. The van der Waals surface area contributed by atoms with E-state index >= 15 is 0 Å². The normalized spacial score (nSPS) is 20.2. The van der Waals surface area contributed by atoms with Crippen LogP contribution in [0.1, 0.15) is 25.0 Å². The number of hydrogen-bond donors (Lipinski definition) is 2. The highest BCUT2D eigenvalue weighted by Gasteiger charge is 2.29. The minimum absolute atomic E-state index is 0.0474. The van der Waals surface area contributed by atoms with E-state index < -0.39 is 0 Å². The summed E-state index contributed by atoms with van der Waals surface area (Å²) in [7, 11) is 0. The second-order valence-corrected chi connectivity index (χ2v) is 7.55. The van der Waals surface area contributed by atoms with Gasteiger partial charge in [0.25, 0.3) is 0 Å². The average Bonchev–Trinajstić information content (AvgIpc) is 3.21. The Morgan fingerprint density at radius 1 is 1.11 bits per heavy atom. The molecule has 4 rings (SSSR count). The Morgan fingerprint density at radius 2 is 1.89 bits per heavy atom. The summed E-state index contributed by atoms with van der Waals surface area (Å²) in [5, 5.41) is 14.7. The lowest BCUT2D eigenvalue weighted by molar-refractivity contribution is -0.119. The number of anilines is 2. The molecule has 1 unspecified atom stereocenters. The van der Waals surface area contributed by atoms with Gasteiger partial charge in [0.15, 0.2) is 5.82 Å². The summed E-state index contributed by atoms with van der Waals surface area (Å²) in [5.41, 5.74) is 1.70. The summed E-state index contributed by atoms with van der Waals surface area (Å²) in [6.07, 6.45) is 3.15. The predicted octanol–water partition coefficient (Wildman–Crippen LogP) is 2.38. The van der Waals surface area contributed by atoms with Crippen LogP contribution in [0, 0.1) is 12.8 Å². The van der Waals surface area contributed by atoms with E-state index in [-0.39, 0.29) is 17.9 Å². The Bertz CT molecular complexity index is 787. The van der Waals surface area contributed by atoms with Gasteiger partial charge in [0, 0.05) is 18.8 Å². The molecule has 1 aromatic carbocycles. The lowest BCUT2D eigenvalue weighted by Crippen LogP contribution is -2.34. The van der Waals surface area contributed by atoms with E-state index in [1.807, 2.05) is 43.3 Å². The number of hydrogen-bond acceptors (Lipinski definition) is 6. The molecule has 2 fully saturated rings. The molecule has 1 atom stereocenters. The molecule has 28 heavy (non-hydrogen) atoms. The van der Waals surface area contributed by atoms with Gasteiger partial charge >= 0.3 is 0 Å². The number of carbonyl (C=O) groups is 1. The topological polar surface area (TPSA) is 79.4 Å². The maximum absolute atomic E-state index is 12.6. The van der Waals surface area contributed by atoms with Gasteiger partial charge in [0.2, 0.25) is 5.91 Å². The number of aryl methyl sites for hydroxylation is 1. The van der Waals surface area contributed by atoms with Crippen LogP contribution in [-0.2, 0) is 4.79 Å². The van der Waals surface area contributed by atoms with Crippen molar-refractivity contribution < 1.29 is 9.53 Å². The first kappa shape index (κ1) is 18.7. The molecule has 7 heteroatoms. The standard InChI is InChI=1S/C21H27N5O2/c1-15-2-7-20(25-24-15)26-13-10-16(14-26)21(27)23-17-3-5-18(6-4-17)28-19-8-11-22-12-9-19/h2-7,16,19,22H,8-14H2,1H3,(H,23,27). The molecule has 0 radical (unpaired) electrons. The van der Waals surface area contributed by atoms with E-state index in [0.29, 0.717) is 6.54 Å². The zero-order valence-corrected chi connectivity index (χ0v) is 16.2. The molecule has 2 aliphatic heterocycles. The first-order valence-electron chi connectivity index (χ1n) is 10.0. The summed E-state index contributed by atoms with van der Waals surface area (Å²) < 4.78 is 6.01. The van der Waals surface area contributed by atoms with Crippen molar-refractivity contribution in [2.24, 2.45) is 5.92 Å². The SMILES string of the molecule is Cc1ccc(N2CCC(C(=O)Nc3ccc(OC4CCNCC4)cc3)C2)nn1. The number of amides is 1. The number of piperidine rings is 1. The van der Waals surface area contributed by atoms with E-state index in [9.17, 15) is 4.79 Å². The minimum atomic E-state index is -0.0474. The maximum Gasteiger partial charge on any atom is 0.229 e. The molecule has 148 valence electrons. The van der Waals surface area contributed by atoms with Gasteiger partial charge in [-0.1, -0.05) is 0 Å². The molecule has 2 aliphatic rings. The Balaban J connectivity index is 1.29. The summed E-state index contributed by atoms with van der Waals surface area (Å²) in [6.45, 7) is 5.41. The highest BCUT2D eigenvalue weighted by molar-refractivity contribution is 5.93. The molecule has 1 aromatic heterocycles. The van der Waals surface area contributed by atoms with Crippen LogP contribution < -0.4 is 20.3 Å². The average molecular weight is 381 g/mol. The van der Waals surface area contributed by atoms with Crippen LogP contribution in [0.2, 0.25) is 0 Å². The smallest absolute Gasteiger partial charge is 0.229 e. The molecule has 0 bridgehead atoms. The molecular formula is C21H27N5O2. The number of nitrogens with one attached hydrogen (secondary N) is 2. The Morgan fingerprint density at radius 3 is 2.61 bits per heavy atom. The lowest BCUT2D eigenvalue weighted by Gasteiger charge is -2.23. The van der Waals surface area contributed by atoms with Crippen LogP contribution in [0.5, 0.6) is 5.75 Å². The van der Waals surface area contributed by atoms with Crippen molar-refractivity contribution in [1.29, 1.82) is 0 Å². The first-order valence-corrected chi connectivity index (χ1v) is 10.0. The van der Waals surface area contributed by atoms with Crippen molar-refractivity contribution in [3.05, 3.63) is 42.1 Å². The number of rotatable bonds is 5. The van der Waals surface area contributed by atoms with Crippen LogP contribution in [0.4, 0.5) is 11.5 Å². The lowest BCUT2D eigenvalue weighted by atomic mass is 10.1. The third kappa shape index (κ3) is 4.59. The van der Waals surface area contributed by atoms with E-state index in [1.54, 1.807) is 0 Å². The number of nitrogens with zero attached hydrogens (tertiary/aromatic N) is 3. The Kier molecular flexibility index (Phi) is 5.71. The zero-order valence-electron chi connectivity index (χ0n) is 16.2. The van der Waals surface area contributed by atoms with E-state index in [2.05, 4.69) is 25.7 Å². The molecule has 0 aliphatic carbocycles. The van der Waals surface area contributed by atoms with Crippen LogP contribution in [0.15, 0.2) is 36.4 Å². The van der Waals surface area contributed by atoms with Crippen LogP contribution in [-0.4, -0.2) is 48.4 Å². The van der Waals surface area contributed by atoms with Crippen molar-refractivity contribution >= 4 is 17.4 Å². The molecule has 0 saturated carbocycles. The van der Waals surface area contributed by atoms with E-state index in [4.69, 9.17) is 4.74 Å². The minimum Gasteiger partial charge on any atom is -0.490 e. The fourth-order valence-electron chi connectivity index (χ4n) is 3.71. The quantitative estimate of drug-likeness (QED) is 0.828. The molecular weight excluding hydrogens is 354 g/mol. The molecule has 1 amide bonds. The molecule has 2 saturated heterocycles. The van der Waals surface area contributed by atoms with Gasteiger partial charge in [-0.3, -0.25) is 4.79 Å². The first-order chi connectivity index (χ1) is 13.7. The van der Waals surface area contributed by atoms with Gasteiger partial charge in [0.1, 0.15) is 11.9 Å². The third-order valence-electron chi connectivity index (χ3n) is 5.38. The number of benzene rings is 1. The monoisotopic (exact) mass is 381 g/mol. The van der Waals surface area contributed by atoms with Gasteiger partial charge in [-0.25, -0.2) is 0 Å². The van der Waals surface area contributed by atoms with Crippen molar-refractivity contribution in [3.8, 4) is 5.75 Å². The van der Waals surface area contributed by atoms with E-state index in [0.717, 1.165) is 61.8 Å². The van der Waals surface area contributed by atoms with Crippen LogP contribution >= 0.6 is 0 Å².